The van der Waals surface area contributed by atoms with Gasteiger partial charge in [-0.25, -0.2) is 8.42 Å². The summed E-state index contributed by atoms with van der Waals surface area (Å²) < 4.78 is 37.2. The molecule has 8 heteroatoms. The highest BCUT2D eigenvalue weighted by Gasteiger charge is 2.39. The molecular formula is C13H17Cl2NO4S. The van der Waals surface area contributed by atoms with Crippen LogP contribution in [0, 0.1) is 0 Å². The van der Waals surface area contributed by atoms with E-state index in [1.807, 2.05) is 0 Å². The fraction of sp³-hybridized carbons (Fsp3) is 0.538. The van der Waals surface area contributed by atoms with Gasteiger partial charge in [0.1, 0.15) is 0 Å². The zero-order chi connectivity index (χ0) is 15.6. The molecule has 1 heterocycles. The molecular weight excluding hydrogens is 337 g/mol. The molecule has 1 aliphatic rings. The van der Waals surface area contributed by atoms with Crippen LogP contribution in [0.1, 0.15) is 5.56 Å². The summed E-state index contributed by atoms with van der Waals surface area (Å²) in [6, 6.07) is 4.53. The Morgan fingerprint density at radius 1 is 1.24 bits per heavy atom. The van der Waals surface area contributed by atoms with Gasteiger partial charge >= 0.3 is 0 Å². The van der Waals surface area contributed by atoms with Crippen LogP contribution in [0.15, 0.2) is 23.1 Å². The Kier molecular flexibility index (Phi) is 5.51. The molecule has 5 nitrogen and oxygen atoms in total. The van der Waals surface area contributed by atoms with Gasteiger partial charge in [-0.2, -0.15) is 4.31 Å². The van der Waals surface area contributed by atoms with Crippen LogP contribution < -0.4 is 0 Å². The van der Waals surface area contributed by atoms with Gasteiger partial charge in [-0.05, 0) is 23.8 Å². The lowest BCUT2D eigenvalue weighted by Gasteiger charge is -2.16. The van der Waals surface area contributed by atoms with Crippen LogP contribution in [0.4, 0.5) is 0 Å². The second kappa shape index (κ2) is 6.81. The maximum absolute atomic E-state index is 12.7. The molecule has 0 aliphatic carbocycles. The second-order valence-electron chi connectivity index (χ2n) is 4.76. The second-order valence-corrected chi connectivity index (χ2v) is 7.37. The van der Waals surface area contributed by atoms with Crippen molar-refractivity contribution in [3.8, 4) is 0 Å². The van der Waals surface area contributed by atoms with E-state index in [2.05, 4.69) is 0 Å². The van der Waals surface area contributed by atoms with Crippen molar-refractivity contribution in [2.45, 2.75) is 23.0 Å². The number of halogens is 2. The summed E-state index contributed by atoms with van der Waals surface area (Å²) in [5.74, 6) is 0.156. The predicted octanol–water partition coefficient (Wildman–Crippen LogP) is 2.11. The number of hydrogen-bond acceptors (Lipinski definition) is 4. The first-order chi connectivity index (χ1) is 9.93. The van der Waals surface area contributed by atoms with Gasteiger partial charge in [0.05, 0.1) is 17.1 Å². The molecule has 0 amide bonds. The van der Waals surface area contributed by atoms with Crippen LogP contribution in [0.2, 0.25) is 5.02 Å². The summed E-state index contributed by atoms with van der Waals surface area (Å²) >= 11 is 11.7. The van der Waals surface area contributed by atoms with Crippen LogP contribution in [-0.2, 0) is 25.4 Å². The quantitative estimate of drug-likeness (QED) is 0.760. The van der Waals surface area contributed by atoms with Gasteiger partial charge in [0.2, 0.25) is 10.0 Å². The number of sulfonamides is 1. The molecule has 1 aromatic rings. The maximum atomic E-state index is 12.7. The normalized spacial score (nSPS) is 23.6. The van der Waals surface area contributed by atoms with Crippen molar-refractivity contribution in [1.82, 2.24) is 4.31 Å². The predicted molar refractivity (Wildman–Crippen MR) is 81.4 cm³/mol. The standard InChI is InChI=1S/C13H17Cl2NO4S/c1-19-12-7-16(8-13(12)20-2)21(17,18)10-3-4-11(15)9(5-10)6-14/h3-5,12-13H,6-8H2,1-2H3. The number of methoxy groups -OCH3 is 2. The minimum atomic E-state index is -3.62. The van der Waals surface area contributed by atoms with Crippen molar-refractivity contribution in [1.29, 1.82) is 0 Å². The number of hydrogen-bond donors (Lipinski definition) is 0. The van der Waals surface area contributed by atoms with E-state index in [-0.39, 0.29) is 36.1 Å². The van der Waals surface area contributed by atoms with E-state index in [9.17, 15) is 8.42 Å². The van der Waals surface area contributed by atoms with Gasteiger partial charge in [0.15, 0.2) is 0 Å². The first-order valence-electron chi connectivity index (χ1n) is 6.34. The third kappa shape index (κ3) is 3.36. The van der Waals surface area contributed by atoms with E-state index < -0.39 is 10.0 Å². The lowest BCUT2D eigenvalue weighted by atomic mass is 10.2. The monoisotopic (exact) mass is 353 g/mol. The third-order valence-electron chi connectivity index (χ3n) is 3.59. The molecule has 1 aliphatic heterocycles. The lowest BCUT2D eigenvalue weighted by molar-refractivity contribution is -0.00461. The fourth-order valence-electron chi connectivity index (χ4n) is 2.32. The van der Waals surface area contributed by atoms with Crippen molar-refractivity contribution in [2.24, 2.45) is 0 Å². The molecule has 0 spiro atoms. The van der Waals surface area contributed by atoms with Crippen molar-refractivity contribution in [3.05, 3.63) is 28.8 Å². The van der Waals surface area contributed by atoms with Crippen molar-refractivity contribution in [3.63, 3.8) is 0 Å². The van der Waals surface area contributed by atoms with Crippen LogP contribution >= 0.6 is 23.2 Å². The highest BCUT2D eigenvalue weighted by molar-refractivity contribution is 7.89. The van der Waals surface area contributed by atoms with Gasteiger partial charge in [0, 0.05) is 38.2 Å². The molecule has 1 saturated heterocycles. The van der Waals surface area contributed by atoms with E-state index >= 15 is 0 Å². The highest BCUT2D eigenvalue weighted by atomic mass is 35.5. The van der Waals surface area contributed by atoms with Gasteiger partial charge in [-0.1, -0.05) is 11.6 Å². The summed E-state index contributed by atoms with van der Waals surface area (Å²) in [5, 5.41) is 0.454. The van der Waals surface area contributed by atoms with Crippen LogP contribution in [-0.4, -0.2) is 52.2 Å². The first-order valence-corrected chi connectivity index (χ1v) is 8.69. The van der Waals surface area contributed by atoms with Crippen LogP contribution in [0.3, 0.4) is 0 Å². The molecule has 0 aromatic heterocycles. The smallest absolute Gasteiger partial charge is 0.243 e. The SMILES string of the molecule is COC1CN(S(=O)(=O)c2ccc(Cl)c(CCl)c2)CC1OC. The zero-order valence-corrected chi connectivity index (χ0v) is 14.1. The van der Waals surface area contributed by atoms with E-state index in [0.29, 0.717) is 10.6 Å². The van der Waals surface area contributed by atoms with E-state index in [0.717, 1.165) is 0 Å². The first kappa shape index (κ1) is 17.0. The van der Waals surface area contributed by atoms with Crippen molar-refractivity contribution < 1.29 is 17.9 Å². The van der Waals surface area contributed by atoms with Gasteiger partial charge in [-0.15, -0.1) is 11.6 Å². The molecule has 0 saturated carbocycles. The highest BCUT2D eigenvalue weighted by Crippen LogP contribution is 2.27. The topological polar surface area (TPSA) is 55.8 Å². The van der Waals surface area contributed by atoms with Gasteiger partial charge in [-0.3, -0.25) is 0 Å². The Labute approximate surface area is 134 Å². The number of ether oxygens (including phenoxy) is 2. The lowest BCUT2D eigenvalue weighted by Crippen LogP contribution is -2.30. The zero-order valence-electron chi connectivity index (χ0n) is 11.8. The summed E-state index contributed by atoms with van der Waals surface area (Å²) in [5.41, 5.74) is 0.588. The fourth-order valence-corrected chi connectivity index (χ4v) is 4.31. The Morgan fingerprint density at radius 3 is 2.29 bits per heavy atom. The van der Waals surface area contributed by atoms with E-state index in [4.69, 9.17) is 32.7 Å². The average Bonchev–Trinajstić information content (AvgIpc) is 2.91. The largest absolute Gasteiger partial charge is 0.377 e. The molecule has 2 atom stereocenters. The molecule has 0 bridgehead atoms. The third-order valence-corrected chi connectivity index (χ3v) is 6.07. The van der Waals surface area contributed by atoms with E-state index in [1.54, 1.807) is 20.3 Å². The Balaban J connectivity index is 2.31. The van der Waals surface area contributed by atoms with Crippen molar-refractivity contribution in [2.75, 3.05) is 27.3 Å². The maximum Gasteiger partial charge on any atom is 0.243 e. The summed E-state index contributed by atoms with van der Waals surface area (Å²) in [7, 11) is -0.533. The van der Waals surface area contributed by atoms with Crippen LogP contribution in [0.5, 0.6) is 0 Å². The summed E-state index contributed by atoms with van der Waals surface area (Å²) in [6.07, 6.45) is -0.547. The Hall–Kier alpha value is -0.370. The molecule has 21 heavy (non-hydrogen) atoms. The molecule has 1 fully saturated rings. The van der Waals surface area contributed by atoms with Gasteiger partial charge in [0.25, 0.3) is 0 Å². The Morgan fingerprint density at radius 2 is 1.81 bits per heavy atom. The van der Waals surface area contributed by atoms with E-state index in [1.165, 1.54) is 16.4 Å². The van der Waals surface area contributed by atoms with Crippen LogP contribution in [0.25, 0.3) is 0 Å². The molecule has 0 N–H and O–H groups in total. The molecule has 0 radical (unpaired) electrons. The van der Waals surface area contributed by atoms with Crippen molar-refractivity contribution >= 4 is 33.2 Å². The Bertz CT molecular complexity index is 596. The number of rotatable bonds is 5. The average molecular weight is 354 g/mol. The molecule has 2 rings (SSSR count). The molecule has 1 aromatic carbocycles. The minimum absolute atomic E-state index is 0.156. The number of alkyl halides is 1. The number of nitrogens with zero attached hydrogens (tertiary/aromatic N) is 1. The van der Waals surface area contributed by atoms with Gasteiger partial charge < -0.3 is 9.47 Å². The molecule has 2 unspecified atom stereocenters. The molecule has 118 valence electrons. The minimum Gasteiger partial charge on any atom is -0.377 e. The summed E-state index contributed by atoms with van der Waals surface area (Å²) in [4.78, 5) is 0.175. The number of benzene rings is 1. The summed E-state index contributed by atoms with van der Waals surface area (Å²) in [6.45, 7) is 0.520.